The zero-order chi connectivity index (χ0) is 30.7. The van der Waals surface area contributed by atoms with E-state index in [9.17, 15) is 17.9 Å². The van der Waals surface area contributed by atoms with E-state index in [2.05, 4.69) is 14.9 Å². The molecule has 1 aromatic carbocycles. The predicted molar refractivity (Wildman–Crippen MR) is 173 cm³/mol. The number of benzene rings is 1. The fourth-order valence-corrected chi connectivity index (χ4v) is 9.89. The van der Waals surface area contributed by atoms with Crippen LogP contribution in [0.1, 0.15) is 61.1 Å². The summed E-state index contributed by atoms with van der Waals surface area (Å²) in [5, 5.41) is 12.5. The predicted octanol–water partition coefficient (Wildman–Crippen LogP) is 6.88. The SMILES string of the molecule is CC1(S(=O)(=O)n2ccc3c(-c4cnc(C5(O)CCC5)s4)ccnc32)C=C(Cl)C=CC1c1ccc(CN2CCC(F)CC2)cc1. The molecule has 2 unspecified atom stereocenters. The highest BCUT2D eigenvalue weighted by molar-refractivity contribution is 7.91. The van der Waals surface area contributed by atoms with E-state index in [0.717, 1.165) is 47.6 Å². The minimum absolute atomic E-state index is 0.325. The van der Waals surface area contributed by atoms with Crippen molar-refractivity contribution in [3.8, 4) is 10.4 Å². The van der Waals surface area contributed by atoms with E-state index in [1.165, 1.54) is 15.3 Å². The van der Waals surface area contributed by atoms with Gasteiger partial charge in [0.2, 0.25) is 10.0 Å². The summed E-state index contributed by atoms with van der Waals surface area (Å²) in [6.07, 6.45) is 12.9. The van der Waals surface area contributed by atoms with Crippen molar-refractivity contribution in [2.24, 2.45) is 0 Å². The highest BCUT2D eigenvalue weighted by atomic mass is 35.5. The third-order valence-corrected chi connectivity index (χ3v) is 13.2. The zero-order valence-corrected chi connectivity index (χ0v) is 26.8. The second-order valence-corrected chi connectivity index (χ2v) is 16.1. The highest BCUT2D eigenvalue weighted by Gasteiger charge is 2.47. The number of halogens is 2. The van der Waals surface area contributed by atoms with Gasteiger partial charge < -0.3 is 5.11 Å². The van der Waals surface area contributed by atoms with Crippen LogP contribution < -0.4 is 0 Å². The molecule has 7 nitrogen and oxygen atoms in total. The number of nitrogens with zero attached hydrogens (tertiary/aromatic N) is 4. The number of aliphatic hydroxyl groups is 1. The van der Waals surface area contributed by atoms with Crippen molar-refractivity contribution >= 4 is 44.0 Å². The summed E-state index contributed by atoms with van der Waals surface area (Å²) in [4.78, 5) is 12.1. The standard InChI is InChI=1S/C33H34ClFN4O3S2/c1-32(19-24(34)7-8-28(32)23-5-3-22(4-6-23)21-38-16-10-25(35)11-17-38)44(41,42)39-18-12-27-26(9-15-36-30(27)39)29-20-37-31(43-29)33(40)13-2-14-33/h3-9,12,15,18-20,25,28,40H,2,10-11,13-14,16-17,21H2,1H3. The van der Waals surface area contributed by atoms with E-state index in [1.807, 2.05) is 36.4 Å². The topological polar surface area (TPSA) is 88.3 Å². The van der Waals surface area contributed by atoms with Crippen molar-refractivity contribution in [1.82, 2.24) is 18.8 Å². The van der Waals surface area contributed by atoms with Crippen LogP contribution in [0.15, 0.2) is 78.2 Å². The van der Waals surface area contributed by atoms with Crippen LogP contribution in [0.25, 0.3) is 21.5 Å². The third-order valence-electron chi connectivity index (χ3n) is 9.47. The Balaban J connectivity index is 1.21. The van der Waals surface area contributed by atoms with Gasteiger partial charge in [0.05, 0.1) is 4.88 Å². The molecule has 0 amide bonds. The molecule has 230 valence electrons. The molecule has 1 saturated heterocycles. The van der Waals surface area contributed by atoms with Crippen LogP contribution in [-0.4, -0.2) is 56.4 Å². The Kier molecular flexibility index (Phi) is 7.57. The molecular formula is C33H34ClFN4O3S2. The van der Waals surface area contributed by atoms with Gasteiger partial charge in [-0.25, -0.2) is 26.7 Å². The van der Waals surface area contributed by atoms with Gasteiger partial charge in [0, 0.05) is 60.1 Å². The van der Waals surface area contributed by atoms with Crippen molar-refractivity contribution in [2.75, 3.05) is 13.1 Å². The number of thiazole rings is 1. The number of hydrogen-bond acceptors (Lipinski definition) is 7. The molecule has 1 aliphatic heterocycles. The molecule has 3 aliphatic rings. The molecule has 2 atom stereocenters. The number of hydrogen-bond donors (Lipinski definition) is 1. The van der Waals surface area contributed by atoms with E-state index >= 15 is 0 Å². The number of piperidine rings is 1. The largest absolute Gasteiger partial charge is 0.383 e. The van der Waals surface area contributed by atoms with Gasteiger partial charge in [-0.1, -0.05) is 41.9 Å². The van der Waals surface area contributed by atoms with E-state index in [1.54, 1.807) is 43.7 Å². The first-order valence-electron chi connectivity index (χ1n) is 15.0. The maximum absolute atomic E-state index is 14.6. The van der Waals surface area contributed by atoms with Crippen LogP contribution in [0.5, 0.6) is 0 Å². The molecule has 2 fully saturated rings. The Bertz CT molecular complexity index is 1870. The maximum atomic E-state index is 14.6. The fraction of sp³-hybridized carbons (Fsp3) is 0.394. The summed E-state index contributed by atoms with van der Waals surface area (Å²) in [5.74, 6) is -0.501. The molecule has 44 heavy (non-hydrogen) atoms. The Morgan fingerprint density at radius 1 is 1.11 bits per heavy atom. The monoisotopic (exact) mass is 652 g/mol. The molecule has 7 rings (SSSR count). The van der Waals surface area contributed by atoms with Crippen molar-refractivity contribution in [3.63, 3.8) is 0 Å². The summed E-state index contributed by atoms with van der Waals surface area (Å²) in [6.45, 7) is 3.92. The average Bonchev–Trinajstić information content (AvgIpc) is 3.66. The van der Waals surface area contributed by atoms with Crippen LogP contribution in [-0.2, 0) is 22.2 Å². The summed E-state index contributed by atoms with van der Waals surface area (Å²) < 4.78 is 42.7. The Labute approximate surface area is 265 Å². The zero-order valence-electron chi connectivity index (χ0n) is 24.4. The van der Waals surface area contributed by atoms with Crippen LogP contribution in [0.3, 0.4) is 0 Å². The van der Waals surface area contributed by atoms with Crippen LogP contribution in [0.4, 0.5) is 4.39 Å². The number of rotatable bonds is 7. The first-order valence-corrected chi connectivity index (χ1v) is 17.6. The van der Waals surface area contributed by atoms with E-state index in [0.29, 0.717) is 46.8 Å². The lowest BCUT2D eigenvalue weighted by molar-refractivity contribution is -0.0389. The van der Waals surface area contributed by atoms with Gasteiger partial charge in [0.15, 0.2) is 5.65 Å². The molecule has 11 heteroatoms. The average molecular weight is 653 g/mol. The number of pyridine rings is 1. The summed E-state index contributed by atoms with van der Waals surface area (Å²) >= 11 is 7.91. The smallest absolute Gasteiger partial charge is 0.250 e. The number of aromatic nitrogens is 3. The molecule has 0 radical (unpaired) electrons. The Hall–Kier alpha value is -2.89. The molecule has 1 N–H and O–H groups in total. The number of likely N-dealkylation sites (tertiary alicyclic amines) is 1. The molecule has 3 aromatic heterocycles. The molecular weight excluding hydrogens is 619 g/mol. The fourth-order valence-electron chi connectivity index (χ4n) is 6.59. The van der Waals surface area contributed by atoms with Crippen LogP contribution in [0.2, 0.25) is 0 Å². The summed E-state index contributed by atoms with van der Waals surface area (Å²) in [7, 11) is -4.08. The van der Waals surface area contributed by atoms with E-state index < -0.39 is 32.5 Å². The quantitative estimate of drug-likeness (QED) is 0.234. The third kappa shape index (κ3) is 5.04. The second kappa shape index (κ2) is 11.2. The lowest BCUT2D eigenvalue weighted by Crippen LogP contribution is -2.43. The summed E-state index contributed by atoms with van der Waals surface area (Å²) in [6, 6.07) is 11.6. The first-order chi connectivity index (χ1) is 21.1. The second-order valence-electron chi connectivity index (χ2n) is 12.4. The molecule has 2 aliphatic carbocycles. The minimum atomic E-state index is -4.08. The van der Waals surface area contributed by atoms with Crippen LogP contribution >= 0.6 is 22.9 Å². The molecule has 1 saturated carbocycles. The van der Waals surface area contributed by atoms with E-state index in [4.69, 9.17) is 11.6 Å². The number of alkyl halides is 1. The highest BCUT2D eigenvalue weighted by Crippen LogP contribution is 2.46. The number of fused-ring (bicyclic) bond motifs is 1. The van der Waals surface area contributed by atoms with Crippen molar-refractivity contribution in [1.29, 1.82) is 0 Å². The molecule has 0 bridgehead atoms. The summed E-state index contributed by atoms with van der Waals surface area (Å²) in [5.41, 5.74) is 2.24. The van der Waals surface area contributed by atoms with Gasteiger partial charge >= 0.3 is 0 Å². The molecule has 4 aromatic rings. The molecule has 4 heterocycles. The van der Waals surface area contributed by atoms with Gasteiger partial charge in [-0.15, -0.1) is 11.3 Å². The van der Waals surface area contributed by atoms with E-state index in [-0.39, 0.29) is 0 Å². The van der Waals surface area contributed by atoms with Gasteiger partial charge in [-0.05, 0) is 74.4 Å². The van der Waals surface area contributed by atoms with Crippen molar-refractivity contribution in [2.45, 2.75) is 68.0 Å². The van der Waals surface area contributed by atoms with Crippen molar-refractivity contribution < 1.29 is 17.9 Å². The normalized spacial score (nSPS) is 24.4. The van der Waals surface area contributed by atoms with Crippen molar-refractivity contribution in [3.05, 3.63) is 94.4 Å². The maximum Gasteiger partial charge on any atom is 0.250 e. The van der Waals surface area contributed by atoms with Gasteiger partial charge in [-0.2, -0.15) is 0 Å². The molecule has 0 spiro atoms. The lowest BCUT2D eigenvalue weighted by Gasteiger charge is -2.36. The van der Waals surface area contributed by atoms with Gasteiger partial charge in [0.25, 0.3) is 0 Å². The minimum Gasteiger partial charge on any atom is -0.383 e. The van der Waals surface area contributed by atoms with Crippen LogP contribution in [0, 0.1) is 0 Å². The Morgan fingerprint density at radius 3 is 2.57 bits per heavy atom. The van der Waals surface area contributed by atoms with Gasteiger partial charge in [0.1, 0.15) is 21.5 Å². The lowest BCUT2D eigenvalue weighted by atomic mass is 9.81. The Morgan fingerprint density at radius 2 is 1.86 bits per heavy atom. The van der Waals surface area contributed by atoms with Gasteiger partial charge in [-0.3, -0.25) is 4.90 Å². The number of allylic oxidation sites excluding steroid dienone is 3. The first kappa shape index (κ1) is 29.8.